The summed E-state index contributed by atoms with van der Waals surface area (Å²) >= 11 is 0. The molecule has 0 radical (unpaired) electrons. The van der Waals surface area contributed by atoms with E-state index in [0.29, 0.717) is 19.4 Å². The predicted molar refractivity (Wildman–Crippen MR) is 85.2 cm³/mol. The van der Waals surface area contributed by atoms with Crippen molar-refractivity contribution in [1.82, 2.24) is 9.80 Å². The van der Waals surface area contributed by atoms with E-state index >= 15 is 0 Å². The van der Waals surface area contributed by atoms with Crippen molar-refractivity contribution in [1.29, 1.82) is 0 Å². The van der Waals surface area contributed by atoms with Crippen LogP contribution in [-0.2, 0) is 17.9 Å². The van der Waals surface area contributed by atoms with E-state index in [4.69, 9.17) is 15.2 Å². The van der Waals surface area contributed by atoms with E-state index < -0.39 is 0 Å². The molecule has 118 valence electrons. The Bertz CT molecular complexity index is 477. The van der Waals surface area contributed by atoms with Crippen molar-refractivity contribution in [3.63, 3.8) is 0 Å². The molecule has 1 aliphatic heterocycles. The summed E-state index contributed by atoms with van der Waals surface area (Å²) in [5, 5.41) is 0. The standard InChI is InChI=1S/C16H27N3O2/c1-5-19(12(2)8-18(3)4)9-13-6-15(17)7-14-10-20-11-21-16(13)14/h6-7,12H,5,8-11,17H2,1-4H3. The van der Waals surface area contributed by atoms with Crippen LogP contribution >= 0.6 is 0 Å². The molecule has 0 spiro atoms. The lowest BCUT2D eigenvalue weighted by atomic mass is 10.1. The smallest absolute Gasteiger partial charge is 0.189 e. The van der Waals surface area contributed by atoms with Crippen LogP contribution in [0.1, 0.15) is 25.0 Å². The Morgan fingerprint density at radius 1 is 1.33 bits per heavy atom. The minimum absolute atomic E-state index is 0.323. The molecule has 2 rings (SSSR count). The molecule has 0 saturated heterocycles. The zero-order valence-corrected chi connectivity index (χ0v) is 13.6. The van der Waals surface area contributed by atoms with Crippen molar-refractivity contribution in [3.05, 3.63) is 23.3 Å². The molecule has 0 fully saturated rings. The minimum atomic E-state index is 0.323. The van der Waals surface area contributed by atoms with Gasteiger partial charge in [0, 0.05) is 35.9 Å². The summed E-state index contributed by atoms with van der Waals surface area (Å²) in [7, 11) is 4.21. The van der Waals surface area contributed by atoms with Gasteiger partial charge in [0.1, 0.15) is 5.75 Å². The van der Waals surface area contributed by atoms with Gasteiger partial charge in [-0.2, -0.15) is 0 Å². The molecular formula is C16H27N3O2. The Morgan fingerprint density at radius 2 is 2.10 bits per heavy atom. The van der Waals surface area contributed by atoms with Gasteiger partial charge in [-0.15, -0.1) is 0 Å². The molecule has 1 aromatic rings. The molecule has 1 unspecified atom stereocenters. The lowest BCUT2D eigenvalue weighted by Crippen LogP contribution is -2.39. The highest BCUT2D eigenvalue weighted by atomic mass is 16.7. The van der Waals surface area contributed by atoms with Gasteiger partial charge in [0.2, 0.25) is 0 Å². The predicted octanol–water partition coefficient (Wildman–Crippen LogP) is 1.91. The minimum Gasteiger partial charge on any atom is -0.467 e. The maximum atomic E-state index is 6.02. The largest absolute Gasteiger partial charge is 0.467 e. The third-order valence-corrected chi connectivity index (χ3v) is 3.84. The van der Waals surface area contributed by atoms with Crippen molar-refractivity contribution < 1.29 is 9.47 Å². The number of ether oxygens (including phenoxy) is 2. The molecular weight excluding hydrogens is 266 g/mol. The van der Waals surface area contributed by atoms with Gasteiger partial charge in [-0.05, 0) is 39.7 Å². The zero-order valence-electron chi connectivity index (χ0n) is 13.6. The topological polar surface area (TPSA) is 51.0 Å². The number of nitrogen functional groups attached to an aromatic ring is 1. The van der Waals surface area contributed by atoms with Gasteiger partial charge in [0.25, 0.3) is 0 Å². The van der Waals surface area contributed by atoms with Crippen LogP contribution in [0.4, 0.5) is 5.69 Å². The Labute approximate surface area is 127 Å². The molecule has 5 nitrogen and oxygen atoms in total. The number of nitrogens with zero attached hydrogens (tertiary/aromatic N) is 2. The van der Waals surface area contributed by atoms with Crippen LogP contribution in [0.3, 0.4) is 0 Å². The van der Waals surface area contributed by atoms with Crippen molar-refractivity contribution in [2.75, 3.05) is 39.7 Å². The van der Waals surface area contributed by atoms with Crippen molar-refractivity contribution in [2.45, 2.75) is 33.0 Å². The Hall–Kier alpha value is -1.30. The third kappa shape index (κ3) is 4.09. The normalized spacial score (nSPS) is 15.9. The second-order valence-electron chi connectivity index (χ2n) is 5.95. The molecule has 1 heterocycles. The number of fused-ring (bicyclic) bond motifs is 1. The highest BCUT2D eigenvalue weighted by Gasteiger charge is 2.20. The number of anilines is 1. The molecule has 5 heteroatoms. The van der Waals surface area contributed by atoms with E-state index in [1.807, 2.05) is 12.1 Å². The number of hydrogen-bond donors (Lipinski definition) is 1. The fourth-order valence-corrected chi connectivity index (χ4v) is 2.89. The van der Waals surface area contributed by atoms with Crippen LogP contribution in [0.15, 0.2) is 12.1 Å². The van der Waals surface area contributed by atoms with Gasteiger partial charge in [-0.25, -0.2) is 0 Å². The molecule has 1 atom stereocenters. The summed E-state index contributed by atoms with van der Waals surface area (Å²) in [5.74, 6) is 0.950. The Morgan fingerprint density at radius 3 is 2.76 bits per heavy atom. The first-order valence-electron chi connectivity index (χ1n) is 7.51. The van der Waals surface area contributed by atoms with E-state index in [0.717, 1.165) is 42.2 Å². The summed E-state index contributed by atoms with van der Waals surface area (Å²) < 4.78 is 11.0. The van der Waals surface area contributed by atoms with E-state index in [1.54, 1.807) is 0 Å². The summed E-state index contributed by atoms with van der Waals surface area (Å²) in [6.07, 6.45) is 0. The molecule has 21 heavy (non-hydrogen) atoms. The Kier molecular flexibility index (Phi) is 5.45. The second kappa shape index (κ2) is 7.11. The maximum Gasteiger partial charge on any atom is 0.189 e. The van der Waals surface area contributed by atoms with Gasteiger partial charge in [0.05, 0.1) is 6.61 Å². The van der Waals surface area contributed by atoms with Gasteiger partial charge in [-0.3, -0.25) is 4.90 Å². The molecule has 2 N–H and O–H groups in total. The summed E-state index contributed by atoms with van der Waals surface area (Å²) in [5.41, 5.74) is 8.99. The van der Waals surface area contributed by atoms with E-state index in [2.05, 4.69) is 37.7 Å². The quantitative estimate of drug-likeness (QED) is 0.812. The van der Waals surface area contributed by atoms with Crippen LogP contribution in [0.2, 0.25) is 0 Å². The first-order valence-corrected chi connectivity index (χ1v) is 7.51. The molecule has 0 saturated carbocycles. The Balaban J connectivity index is 2.19. The monoisotopic (exact) mass is 293 g/mol. The van der Waals surface area contributed by atoms with Crippen LogP contribution in [0.5, 0.6) is 5.75 Å². The molecule has 0 aliphatic carbocycles. The fourth-order valence-electron chi connectivity index (χ4n) is 2.89. The lowest BCUT2D eigenvalue weighted by Gasteiger charge is -2.31. The number of rotatable bonds is 6. The van der Waals surface area contributed by atoms with E-state index in [1.165, 1.54) is 0 Å². The molecule has 0 amide bonds. The van der Waals surface area contributed by atoms with Gasteiger partial charge in [0.15, 0.2) is 6.79 Å². The van der Waals surface area contributed by atoms with Crippen LogP contribution in [-0.4, -0.2) is 49.8 Å². The van der Waals surface area contributed by atoms with Crippen LogP contribution < -0.4 is 10.5 Å². The van der Waals surface area contributed by atoms with Gasteiger partial charge >= 0.3 is 0 Å². The lowest BCUT2D eigenvalue weighted by molar-refractivity contribution is -0.0175. The van der Waals surface area contributed by atoms with Crippen LogP contribution in [0.25, 0.3) is 0 Å². The first-order chi connectivity index (χ1) is 10.0. The SMILES string of the molecule is CCN(Cc1cc(N)cc2c1OCOC2)C(C)CN(C)C. The average Bonchev–Trinajstić information content (AvgIpc) is 2.43. The summed E-state index contributed by atoms with van der Waals surface area (Å²) in [6, 6.07) is 4.44. The van der Waals surface area contributed by atoms with E-state index in [9.17, 15) is 0 Å². The van der Waals surface area contributed by atoms with Gasteiger partial charge in [-0.1, -0.05) is 6.92 Å². The van der Waals surface area contributed by atoms with Crippen molar-refractivity contribution in [2.24, 2.45) is 0 Å². The second-order valence-corrected chi connectivity index (χ2v) is 5.95. The maximum absolute atomic E-state index is 6.02. The van der Waals surface area contributed by atoms with Crippen LogP contribution in [0, 0.1) is 0 Å². The number of likely N-dealkylation sites (N-methyl/N-ethyl adjacent to an activating group) is 2. The van der Waals surface area contributed by atoms with Crippen molar-refractivity contribution in [3.8, 4) is 5.75 Å². The zero-order chi connectivity index (χ0) is 15.4. The molecule has 1 aromatic carbocycles. The highest BCUT2D eigenvalue weighted by molar-refractivity contribution is 5.53. The third-order valence-electron chi connectivity index (χ3n) is 3.84. The number of nitrogens with two attached hydrogens (primary N) is 1. The van der Waals surface area contributed by atoms with Gasteiger partial charge < -0.3 is 20.1 Å². The van der Waals surface area contributed by atoms with E-state index in [-0.39, 0.29) is 0 Å². The molecule has 1 aliphatic rings. The average molecular weight is 293 g/mol. The first kappa shape index (κ1) is 16.1. The number of benzene rings is 1. The number of hydrogen-bond acceptors (Lipinski definition) is 5. The molecule has 0 bridgehead atoms. The summed E-state index contributed by atoms with van der Waals surface area (Å²) in [6.45, 7) is 8.22. The molecule has 0 aromatic heterocycles. The highest BCUT2D eigenvalue weighted by Crippen LogP contribution is 2.31. The summed E-state index contributed by atoms with van der Waals surface area (Å²) in [4.78, 5) is 4.65. The van der Waals surface area contributed by atoms with Crippen molar-refractivity contribution >= 4 is 5.69 Å². The fraction of sp³-hybridized carbons (Fsp3) is 0.625.